The molecule has 0 aliphatic heterocycles. The molecule has 2 N–H and O–H groups in total. The molecule has 0 saturated carbocycles. The van der Waals surface area contributed by atoms with Gasteiger partial charge < -0.3 is 10.6 Å². The number of hydrogen-bond acceptors (Lipinski definition) is 6. The Hall–Kier alpha value is -1.67. The second-order valence-electron chi connectivity index (χ2n) is 4.52. The molecule has 1 aromatic carbocycles. The number of hydrogen-bond donors (Lipinski definition) is 1. The summed E-state index contributed by atoms with van der Waals surface area (Å²) in [6, 6.07) is 4.51. The van der Waals surface area contributed by atoms with Crippen molar-refractivity contribution in [3.05, 3.63) is 33.9 Å². The van der Waals surface area contributed by atoms with E-state index in [9.17, 15) is 18.5 Å². The Morgan fingerprint density at radius 1 is 1.42 bits per heavy atom. The molecule has 106 valence electrons. The van der Waals surface area contributed by atoms with Crippen LogP contribution in [0, 0.1) is 10.1 Å². The number of rotatable bonds is 6. The molecule has 0 radical (unpaired) electrons. The lowest BCUT2D eigenvalue weighted by Gasteiger charge is -2.16. The fourth-order valence-electron chi connectivity index (χ4n) is 1.58. The van der Waals surface area contributed by atoms with Gasteiger partial charge >= 0.3 is 0 Å². The molecule has 0 bridgehead atoms. The van der Waals surface area contributed by atoms with Gasteiger partial charge in [-0.25, -0.2) is 8.42 Å². The summed E-state index contributed by atoms with van der Waals surface area (Å²) in [5.74, 6) is 0.0754. The predicted molar refractivity (Wildman–Crippen MR) is 73.6 cm³/mol. The van der Waals surface area contributed by atoms with E-state index in [-0.39, 0.29) is 17.1 Å². The van der Waals surface area contributed by atoms with Crippen molar-refractivity contribution in [3.8, 4) is 0 Å². The Labute approximate surface area is 112 Å². The Kier molecular flexibility index (Phi) is 4.84. The minimum atomic E-state index is -2.99. The Morgan fingerprint density at radius 2 is 2.05 bits per heavy atom. The monoisotopic (exact) mass is 287 g/mol. The summed E-state index contributed by atoms with van der Waals surface area (Å²) in [5, 5.41) is 10.6. The van der Waals surface area contributed by atoms with Crippen LogP contribution in [-0.2, 0) is 16.4 Å². The van der Waals surface area contributed by atoms with Crippen LogP contribution in [0.25, 0.3) is 0 Å². The third kappa shape index (κ3) is 5.23. The molecule has 0 aromatic heterocycles. The van der Waals surface area contributed by atoms with Gasteiger partial charge in [0.05, 0.1) is 10.7 Å². The van der Waals surface area contributed by atoms with E-state index in [1.54, 1.807) is 13.1 Å². The second-order valence-corrected chi connectivity index (χ2v) is 6.78. The number of nitrogen functional groups attached to an aromatic ring is 1. The highest BCUT2D eigenvalue weighted by molar-refractivity contribution is 7.90. The molecule has 0 aliphatic carbocycles. The van der Waals surface area contributed by atoms with Crippen LogP contribution in [0.2, 0.25) is 0 Å². The number of sulfone groups is 1. The highest BCUT2D eigenvalue weighted by Crippen LogP contribution is 2.22. The number of nitro benzene ring substituents is 1. The summed E-state index contributed by atoms with van der Waals surface area (Å²) in [7, 11) is -1.21. The number of nitrogens with zero attached hydrogens (tertiary/aromatic N) is 2. The summed E-state index contributed by atoms with van der Waals surface area (Å²) < 4.78 is 22.1. The second kappa shape index (κ2) is 5.98. The van der Waals surface area contributed by atoms with Gasteiger partial charge in [-0.1, -0.05) is 6.07 Å². The van der Waals surface area contributed by atoms with Crippen LogP contribution in [0.4, 0.5) is 11.4 Å². The maximum atomic E-state index is 11.0. The van der Waals surface area contributed by atoms with Crippen LogP contribution < -0.4 is 5.73 Å². The van der Waals surface area contributed by atoms with E-state index in [0.717, 1.165) is 5.56 Å². The van der Waals surface area contributed by atoms with E-state index in [1.807, 2.05) is 4.90 Å². The van der Waals surface area contributed by atoms with Gasteiger partial charge in [0.25, 0.3) is 5.69 Å². The highest BCUT2D eigenvalue weighted by atomic mass is 32.2. The lowest BCUT2D eigenvalue weighted by molar-refractivity contribution is -0.383. The van der Waals surface area contributed by atoms with E-state index in [0.29, 0.717) is 13.1 Å². The zero-order valence-corrected chi connectivity index (χ0v) is 11.7. The van der Waals surface area contributed by atoms with Crippen molar-refractivity contribution < 1.29 is 13.3 Å². The zero-order valence-electron chi connectivity index (χ0n) is 10.9. The van der Waals surface area contributed by atoms with Crippen molar-refractivity contribution >= 4 is 21.2 Å². The van der Waals surface area contributed by atoms with Crippen molar-refractivity contribution in [1.29, 1.82) is 0 Å². The first-order valence-corrected chi connectivity index (χ1v) is 7.64. The van der Waals surface area contributed by atoms with Gasteiger partial charge in [0.15, 0.2) is 0 Å². The topological polar surface area (TPSA) is 107 Å². The fourth-order valence-corrected chi connectivity index (χ4v) is 2.22. The first-order valence-electron chi connectivity index (χ1n) is 5.58. The molecular weight excluding hydrogens is 270 g/mol. The molecular formula is C11H17N3O4S. The molecule has 0 unspecified atom stereocenters. The normalized spacial score (nSPS) is 11.7. The molecule has 1 aromatic rings. The minimum Gasteiger partial charge on any atom is -0.393 e. The molecule has 0 aliphatic rings. The first-order chi connectivity index (χ1) is 8.69. The quantitative estimate of drug-likeness (QED) is 0.468. The molecule has 8 heteroatoms. The van der Waals surface area contributed by atoms with Crippen LogP contribution in [-0.4, -0.2) is 43.8 Å². The predicted octanol–water partition coefficient (Wildman–Crippen LogP) is 0.653. The lowest BCUT2D eigenvalue weighted by atomic mass is 10.1. The summed E-state index contributed by atoms with van der Waals surface area (Å²) in [6.07, 6.45) is 1.19. The summed E-state index contributed by atoms with van der Waals surface area (Å²) in [4.78, 5) is 11.9. The molecule has 0 amide bonds. The van der Waals surface area contributed by atoms with Gasteiger partial charge in [-0.3, -0.25) is 10.1 Å². The van der Waals surface area contributed by atoms with E-state index in [4.69, 9.17) is 5.73 Å². The van der Waals surface area contributed by atoms with Crippen LogP contribution in [0.3, 0.4) is 0 Å². The highest BCUT2D eigenvalue weighted by Gasteiger charge is 2.12. The molecule has 1 rings (SSSR count). The van der Waals surface area contributed by atoms with Crippen molar-refractivity contribution in [3.63, 3.8) is 0 Å². The van der Waals surface area contributed by atoms with Crippen LogP contribution >= 0.6 is 0 Å². The van der Waals surface area contributed by atoms with Crippen molar-refractivity contribution in [2.75, 3.05) is 31.3 Å². The standard InChI is InChI=1S/C11H17N3O4S/c1-13(5-6-19(2,17)18)8-9-3-4-11(14(15)16)10(12)7-9/h3-4,7H,5-6,8,12H2,1-2H3. The zero-order chi connectivity index (χ0) is 14.6. The molecule has 0 atom stereocenters. The van der Waals surface area contributed by atoms with E-state index in [2.05, 4.69) is 0 Å². The van der Waals surface area contributed by atoms with Crippen LogP contribution in [0.1, 0.15) is 5.56 Å². The summed E-state index contributed by atoms with van der Waals surface area (Å²) in [5.41, 5.74) is 6.38. The van der Waals surface area contributed by atoms with Crippen LogP contribution in [0.15, 0.2) is 18.2 Å². The van der Waals surface area contributed by atoms with Gasteiger partial charge in [-0.05, 0) is 18.7 Å². The van der Waals surface area contributed by atoms with Gasteiger partial charge in [0.1, 0.15) is 15.5 Å². The Morgan fingerprint density at radius 3 is 2.53 bits per heavy atom. The van der Waals surface area contributed by atoms with Gasteiger partial charge in [-0.2, -0.15) is 0 Å². The SMILES string of the molecule is CN(CCS(C)(=O)=O)Cc1ccc([N+](=O)[O-])c(N)c1. The largest absolute Gasteiger partial charge is 0.393 e. The van der Waals surface area contributed by atoms with Gasteiger partial charge in [0, 0.05) is 25.4 Å². The molecule has 7 nitrogen and oxygen atoms in total. The van der Waals surface area contributed by atoms with Crippen molar-refractivity contribution in [2.24, 2.45) is 0 Å². The average molecular weight is 287 g/mol. The average Bonchev–Trinajstić information content (AvgIpc) is 2.25. The van der Waals surface area contributed by atoms with Crippen molar-refractivity contribution in [1.82, 2.24) is 4.90 Å². The van der Waals surface area contributed by atoms with Crippen molar-refractivity contribution in [2.45, 2.75) is 6.54 Å². The number of benzene rings is 1. The molecule has 0 heterocycles. The fraction of sp³-hybridized carbons (Fsp3) is 0.455. The minimum absolute atomic E-state index is 0.0754. The molecule has 19 heavy (non-hydrogen) atoms. The Bertz CT molecular complexity index is 571. The van der Waals surface area contributed by atoms with Gasteiger partial charge in [-0.15, -0.1) is 0 Å². The van der Waals surface area contributed by atoms with E-state index < -0.39 is 14.8 Å². The summed E-state index contributed by atoms with van der Waals surface area (Å²) >= 11 is 0. The summed E-state index contributed by atoms with van der Waals surface area (Å²) in [6.45, 7) is 0.882. The Balaban J connectivity index is 2.67. The maximum Gasteiger partial charge on any atom is 0.292 e. The lowest BCUT2D eigenvalue weighted by Crippen LogP contribution is -2.24. The number of nitrogens with two attached hydrogens (primary N) is 1. The number of anilines is 1. The molecule has 0 saturated heterocycles. The molecule has 0 fully saturated rings. The number of nitro groups is 1. The maximum absolute atomic E-state index is 11.0. The van der Waals surface area contributed by atoms with Crippen LogP contribution in [0.5, 0.6) is 0 Å². The van der Waals surface area contributed by atoms with E-state index in [1.165, 1.54) is 18.4 Å². The third-order valence-corrected chi connectivity index (χ3v) is 3.51. The van der Waals surface area contributed by atoms with Gasteiger partial charge in [0.2, 0.25) is 0 Å². The smallest absolute Gasteiger partial charge is 0.292 e. The molecule has 0 spiro atoms. The van der Waals surface area contributed by atoms with E-state index >= 15 is 0 Å². The third-order valence-electron chi connectivity index (χ3n) is 2.58. The first kappa shape index (κ1) is 15.4.